The summed E-state index contributed by atoms with van der Waals surface area (Å²) in [6, 6.07) is 9.77. The molecule has 1 saturated heterocycles. The van der Waals surface area contributed by atoms with E-state index in [2.05, 4.69) is 9.69 Å². The van der Waals surface area contributed by atoms with Gasteiger partial charge in [0.05, 0.1) is 17.4 Å². The Morgan fingerprint density at radius 2 is 2.00 bits per heavy atom. The predicted octanol–water partition coefficient (Wildman–Crippen LogP) is 3.08. The van der Waals surface area contributed by atoms with Crippen molar-refractivity contribution in [1.29, 1.82) is 0 Å². The van der Waals surface area contributed by atoms with Crippen molar-refractivity contribution < 1.29 is 9.90 Å². The summed E-state index contributed by atoms with van der Waals surface area (Å²) in [4.78, 5) is 14.7. The van der Waals surface area contributed by atoms with Crippen molar-refractivity contribution in [2.75, 3.05) is 25.5 Å². The first-order valence-corrected chi connectivity index (χ1v) is 9.05. The van der Waals surface area contributed by atoms with Crippen molar-refractivity contribution in [3.63, 3.8) is 0 Å². The lowest BCUT2D eigenvalue weighted by atomic mass is 9.87. The highest BCUT2D eigenvalue weighted by Crippen LogP contribution is 2.32. The van der Waals surface area contributed by atoms with E-state index in [9.17, 15) is 9.90 Å². The van der Waals surface area contributed by atoms with Crippen LogP contribution in [0.2, 0.25) is 0 Å². The first-order chi connectivity index (χ1) is 11.6. The first kappa shape index (κ1) is 16.9. The van der Waals surface area contributed by atoms with Crippen LogP contribution in [0.4, 0.5) is 5.00 Å². The van der Waals surface area contributed by atoms with Crippen molar-refractivity contribution in [3.8, 4) is 0 Å². The number of amides is 1. The molecule has 0 unspecified atom stereocenters. The van der Waals surface area contributed by atoms with E-state index in [0.717, 1.165) is 29.1 Å². The minimum Gasteiger partial charge on any atom is -0.388 e. The average molecular weight is 345 g/mol. The number of carbonyl (C=O) groups is 1. The molecule has 6 heteroatoms. The number of aromatic nitrogens is 1. The Morgan fingerprint density at radius 1 is 1.33 bits per heavy atom. The molecule has 1 aromatic carbocycles. The number of nitrogens with zero attached hydrogens (tertiary/aromatic N) is 2. The summed E-state index contributed by atoms with van der Waals surface area (Å²) >= 11 is 1.32. The van der Waals surface area contributed by atoms with E-state index in [1.54, 1.807) is 0 Å². The number of benzene rings is 1. The van der Waals surface area contributed by atoms with Crippen LogP contribution in [0.5, 0.6) is 0 Å². The van der Waals surface area contributed by atoms with Crippen molar-refractivity contribution >= 4 is 22.4 Å². The molecule has 1 atom stereocenters. The lowest BCUT2D eigenvalue weighted by Crippen LogP contribution is -2.40. The SMILES string of the molecule is CNc1snc(C)c1C(=O)N1CCC([C@@H](O)c2ccccc2)CC1. The second-order valence-corrected chi connectivity index (χ2v) is 6.98. The molecule has 1 aromatic heterocycles. The number of rotatable bonds is 4. The molecule has 1 aliphatic heterocycles. The molecule has 2 heterocycles. The van der Waals surface area contributed by atoms with Gasteiger partial charge in [0.15, 0.2) is 0 Å². The third kappa shape index (κ3) is 3.30. The molecule has 2 aromatic rings. The van der Waals surface area contributed by atoms with Crippen LogP contribution in [0.1, 0.15) is 40.6 Å². The molecule has 3 rings (SSSR count). The molecule has 0 radical (unpaired) electrons. The van der Waals surface area contributed by atoms with Crippen LogP contribution in [0.15, 0.2) is 30.3 Å². The fourth-order valence-electron chi connectivity index (χ4n) is 3.29. The van der Waals surface area contributed by atoms with Crippen LogP contribution in [0.3, 0.4) is 0 Å². The van der Waals surface area contributed by atoms with Gasteiger partial charge in [-0.3, -0.25) is 4.79 Å². The lowest BCUT2D eigenvalue weighted by Gasteiger charge is -2.34. The van der Waals surface area contributed by atoms with Gasteiger partial charge in [-0.15, -0.1) is 0 Å². The van der Waals surface area contributed by atoms with Gasteiger partial charge in [0.1, 0.15) is 5.00 Å². The maximum atomic E-state index is 12.8. The number of likely N-dealkylation sites (tertiary alicyclic amines) is 1. The molecule has 1 aliphatic rings. The maximum Gasteiger partial charge on any atom is 0.258 e. The highest BCUT2D eigenvalue weighted by atomic mass is 32.1. The molecule has 24 heavy (non-hydrogen) atoms. The van der Waals surface area contributed by atoms with Gasteiger partial charge in [0, 0.05) is 20.1 Å². The average Bonchev–Trinajstić information content (AvgIpc) is 3.02. The quantitative estimate of drug-likeness (QED) is 0.894. The van der Waals surface area contributed by atoms with E-state index in [-0.39, 0.29) is 11.8 Å². The van der Waals surface area contributed by atoms with E-state index in [0.29, 0.717) is 18.7 Å². The van der Waals surface area contributed by atoms with E-state index >= 15 is 0 Å². The molecule has 0 bridgehead atoms. The molecule has 1 amide bonds. The molecule has 2 N–H and O–H groups in total. The van der Waals surface area contributed by atoms with Crippen molar-refractivity contribution in [2.45, 2.75) is 25.9 Å². The Balaban J connectivity index is 1.65. The van der Waals surface area contributed by atoms with Gasteiger partial charge < -0.3 is 15.3 Å². The molecule has 0 saturated carbocycles. The van der Waals surface area contributed by atoms with Crippen LogP contribution >= 0.6 is 11.5 Å². The minimum absolute atomic E-state index is 0.0400. The van der Waals surface area contributed by atoms with Crippen LogP contribution in [-0.2, 0) is 0 Å². The highest BCUT2D eigenvalue weighted by Gasteiger charge is 2.30. The maximum absolute atomic E-state index is 12.8. The van der Waals surface area contributed by atoms with Gasteiger partial charge in [-0.05, 0) is 42.8 Å². The smallest absolute Gasteiger partial charge is 0.258 e. The number of aryl methyl sites for hydroxylation is 1. The summed E-state index contributed by atoms with van der Waals surface area (Å²) in [6.45, 7) is 3.22. The molecule has 5 nitrogen and oxygen atoms in total. The number of anilines is 1. The predicted molar refractivity (Wildman–Crippen MR) is 96.4 cm³/mol. The largest absolute Gasteiger partial charge is 0.388 e. The number of carbonyl (C=O) groups excluding carboxylic acids is 1. The summed E-state index contributed by atoms with van der Waals surface area (Å²) in [5.74, 6) is 0.236. The standard InChI is InChI=1S/C18H23N3O2S/c1-12-15(17(19-2)24-20-12)18(23)21-10-8-14(9-11-21)16(22)13-6-4-3-5-7-13/h3-7,14,16,19,22H,8-11H2,1-2H3/t16-/m0/s1. The number of nitrogens with one attached hydrogen (secondary N) is 1. The molecule has 128 valence electrons. The number of aliphatic hydroxyl groups excluding tert-OH is 1. The van der Waals surface area contributed by atoms with Crippen LogP contribution in [-0.4, -0.2) is 40.4 Å². The Kier molecular flexibility index (Phi) is 5.16. The number of aliphatic hydroxyl groups is 1. The zero-order chi connectivity index (χ0) is 17.1. The van der Waals surface area contributed by atoms with E-state index in [1.807, 2.05) is 49.2 Å². The third-order valence-corrected chi connectivity index (χ3v) is 5.67. The number of hydrogen-bond acceptors (Lipinski definition) is 5. The zero-order valence-electron chi connectivity index (χ0n) is 14.0. The van der Waals surface area contributed by atoms with Crippen LogP contribution in [0, 0.1) is 12.8 Å². The third-order valence-electron chi connectivity index (χ3n) is 4.72. The van der Waals surface area contributed by atoms with Gasteiger partial charge in [0.2, 0.25) is 0 Å². The van der Waals surface area contributed by atoms with Crippen molar-refractivity contribution in [3.05, 3.63) is 47.2 Å². The van der Waals surface area contributed by atoms with E-state index < -0.39 is 6.10 Å². The van der Waals surface area contributed by atoms with Gasteiger partial charge in [-0.1, -0.05) is 30.3 Å². The van der Waals surface area contributed by atoms with E-state index in [4.69, 9.17) is 0 Å². The summed E-state index contributed by atoms with van der Waals surface area (Å²) < 4.78 is 4.28. The Bertz CT molecular complexity index is 694. The molecular weight excluding hydrogens is 322 g/mol. The second-order valence-electron chi connectivity index (χ2n) is 6.21. The van der Waals surface area contributed by atoms with Crippen LogP contribution < -0.4 is 5.32 Å². The Hall–Kier alpha value is -1.92. The summed E-state index contributed by atoms with van der Waals surface area (Å²) in [5.41, 5.74) is 2.42. The monoisotopic (exact) mass is 345 g/mol. The fourth-order valence-corrected chi connectivity index (χ4v) is 4.03. The van der Waals surface area contributed by atoms with E-state index in [1.165, 1.54) is 11.5 Å². The van der Waals surface area contributed by atoms with Gasteiger partial charge >= 0.3 is 0 Å². The van der Waals surface area contributed by atoms with Crippen molar-refractivity contribution in [1.82, 2.24) is 9.27 Å². The zero-order valence-corrected chi connectivity index (χ0v) is 14.8. The summed E-state index contributed by atoms with van der Waals surface area (Å²) in [5, 5.41) is 14.4. The Morgan fingerprint density at radius 3 is 2.62 bits per heavy atom. The molecule has 1 fully saturated rings. The normalized spacial score (nSPS) is 16.9. The first-order valence-electron chi connectivity index (χ1n) is 8.28. The van der Waals surface area contributed by atoms with Gasteiger partial charge in [-0.25, -0.2) is 0 Å². The molecule has 0 aliphatic carbocycles. The minimum atomic E-state index is -0.458. The van der Waals surface area contributed by atoms with Gasteiger partial charge in [-0.2, -0.15) is 4.37 Å². The Labute approximate surface area is 146 Å². The summed E-state index contributed by atoms with van der Waals surface area (Å²) in [7, 11) is 1.81. The number of piperidine rings is 1. The van der Waals surface area contributed by atoms with Gasteiger partial charge in [0.25, 0.3) is 5.91 Å². The summed E-state index contributed by atoms with van der Waals surface area (Å²) in [6.07, 6.45) is 1.17. The highest BCUT2D eigenvalue weighted by molar-refractivity contribution is 7.10. The number of hydrogen-bond donors (Lipinski definition) is 2. The molecular formula is C18H23N3O2S. The second kappa shape index (κ2) is 7.32. The topological polar surface area (TPSA) is 65.5 Å². The lowest BCUT2D eigenvalue weighted by molar-refractivity contribution is 0.0462. The molecule has 0 spiro atoms. The fraction of sp³-hybridized carbons (Fsp3) is 0.444. The van der Waals surface area contributed by atoms with Crippen LogP contribution in [0.25, 0.3) is 0 Å². The van der Waals surface area contributed by atoms with Crippen molar-refractivity contribution in [2.24, 2.45) is 5.92 Å².